The minimum absolute atomic E-state index is 0.0217. The molecule has 0 saturated carbocycles. The molecule has 148 valence electrons. The Morgan fingerprint density at radius 2 is 2.03 bits per heavy atom. The monoisotopic (exact) mass is 387 g/mol. The van der Waals surface area contributed by atoms with Gasteiger partial charge in [0.15, 0.2) is 12.4 Å². The third kappa shape index (κ3) is 3.42. The van der Waals surface area contributed by atoms with E-state index in [0.29, 0.717) is 17.4 Å². The van der Waals surface area contributed by atoms with Gasteiger partial charge in [0.1, 0.15) is 5.75 Å². The zero-order valence-corrected chi connectivity index (χ0v) is 16.4. The second-order valence-electron chi connectivity index (χ2n) is 7.93. The van der Waals surface area contributed by atoms with Crippen LogP contribution in [0.2, 0.25) is 0 Å². The maximum absolute atomic E-state index is 12.7. The van der Waals surface area contributed by atoms with Crippen molar-refractivity contribution in [3.05, 3.63) is 71.9 Å². The molecule has 5 nitrogen and oxygen atoms in total. The van der Waals surface area contributed by atoms with Crippen molar-refractivity contribution in [2.45, 2.75) is 25.3 Å². The number of nitrogens with zero attached hydrogens (tertiary/aromatic N) is 2. The smallest absolute Gasteiger partial charge is 0.200 e. The first-order valence-electron chi connectivity index (χ1n) is 10.2. The molecule has 2 aromatic carbocycles. The van der Waals surface area contributed by atoms with Crippen LogP contribution in [0.25, 0.3) is 16.5 Å². The summed E-state index contributed by atoms with van der Waals surface area (Å²) in [5, 5.41) is 1.04. The fourth-order valence-electron chi connectivity index (χ4n) is 4.58. The minimum Gasteiger partial charge on any atom is -0.485 e. The summed E-state index contributed by atoms with van der Waals surface area (Å²) in [5.74, 6) is 6.88. The molecule has 2 N–H and O–H groups in total. The number of carbonyl (C=O) groups excluding carboxylic acids is 1. The Balaban J connectivity index is 1.42. The number of Topliss-reactive ketones (excluding diaryl/α,β-unsaturated/α-hetero) is 1. The molecule has 1 unspecified atom stereocenters. The van der Waals surface area contributed by atoms with Crippen molar-refractivity contribution in [2.75, 3.05) is 25.5 Å². The third-order valence-corrected chi connectivity index (χ3v) is 6.14. The number of aromatic nitrogens is 1. The molecule has 5 rings (SSSR count). The number of ketones is 1. The van der Waals surface area contributed by atoms with Gasteiger partial charge in [-0.1, -0.05) is 24.3 Å². The summed E-state index contributed by atoms with van der Waals surface area (Å²) in [6, 6.07) is 15.8. The van der Waals surface area contributed by atoms with E-state index < -0.39 is 0 Å². The van der Waals surface area contributed by atoms with Gasteiger partial charge in [-0.15, -0.1) is 0 Å². The van der Waals surface area contributed by atoms with Crippen LogP contribution in [-0.2, 0) is 0 Å². The van der Waals surface area contributed by atoms with Crippen LogP contribution in [0, 0.1) is 0 Å². The van der Waals surface area contributed by atoms with E-state index in [0.717, 1.165) is 29.4 Å². The zero-order chi connectivity index (χ0) is 19.8. The predicted molar refractivity (Wildman–Crippen MR) is 116 cm³/mol. The topological polar surface area (TPSA) is 60.5 Å². The van der Waals surface area contributed by atoms with Crippen molar-refractivity contribution in [2.24, 2.45) is 0 Å². The lowest BCUT2D eigenvalue weighted by Crippen LogP contribution is -2.32. The Morgan fingerprint density at radius 1 is 1.17 bits per heavy atom. The normalized spacial score (nSPS) is 19.2. The predicted octanol–water partition coefficient (Wildman–Crippen LogP) is 3.87. The van der Waals surface area contributed by atoms with Gasteiger partial charge in [0.2, 0.25) is 0 Å². The third-order valence-electron chi connectivity index (χ3n) is 6.14. The van der Waals surface area contributed by atoms with Gasteiger partial charge in [-0.25, -0.2) is 0 Å². The number of nitrogens with two attached hydrogens (primary N) is 1. The Bertz CT molecular complexity index is 1080. The fourth-order valence-corrected chi connectivity index (χ4v) is 4.58. The molecule has 2 aliphatic heterocycles. The number of hydrogen-bond donors (Lipinski definition) is 1. The largest absolute Gasteiger partial charge is 0.485 e. The van der Waals surface area contributed by atoms with Gasteiger partial charge >= 0.3 is 0 Å². The fraction of sp³-hybridized carbons (Fsp3) is 0.292. The van der Waals surface area contributed by atoms with Crippen LogP contribution < -0.4 is 10.6 Å². The summed E-state index contributed by atoms with van der Waals surface area (Å²) in [6.45, 7) is 2.22. The van der Waals surface area contributed by atoms with Crippen LogP contribution in [0.3, 0.4) is 0 Å². The maximum atomic E-state index is 12.7. The SMILES string of the molecule is Nn1cc(C2=CCN3CCCC3C2)c2cc(C(=O)COc3ccccc3)ccc21. The lowest BCUT2D eigenvalue weighted by atomic mass is 9.93. The zero-order valence-electron chi connectivity index (χ0n) is 16.4. The molecule has 3 heterocycles. The van der Waals surface area contributed by atoms with Gasteiger partial charge < -0.3 is 10.6 Å². The number of nitrogen functional groups attached to an aromatic ring is 1. The molecule has 2 aliphatic rings. The summed E-state index contributed by atoms with van der Waals surface area (Å²) in [7, 11) is 0. The Morgan fingerprint density at radius 3 is 2.90 bits per heavy atom. The summed E-state index contributed by atoms with van der Waals surface area (Å²) < 4.78 is 7.30. The van der Waals surface area contributed by atoms with Crippen molar-refractivity contribution in [1.82, 2.24) is 9.58 Å². The van der Waals surface area contributed by atoms with E-state index in [-0.39, 0.29) is 12.4 Å². The van der Waals surface area contributed by atoms with E-state index in [1.807, 2.05) is 54.7 Å². The van der Waals surface area contributed by atoms with Crippen LogP contribution in [0.1, 0.15) is 35.2 Å². The molecule has 0 radical (unpaired) electrons. The van der Waals surface area contributed by atoms with Gasteiger partial charge in [0.25, 0.3) is 0 Å². The molecular weight excluding hydrogens is 362 g/mol. The van der Waals surface area contributed by atoms with Gasteiger partial charge in [0.05, 0.1) is 5.52 Å². The number of para-hydroxylation sites is 1. The van der Waals surface area contributed by atoms with E-state index in [4.69, 9.17) is 10.6 Å². The maximum Gasteiger partial charge on any atom is 0.200 e. The van der Waals surface area contributed by atoms with Crippen LogP contribution >= 0.6 is 0 Å². The molecule has 1 fully saturated rings. The van der Waals surface area contributed by atoms with E-state index in [2.05, 4.69) is 11.0 Å². The standard InChI is InChI=1S/C24H25N3O2/c25-27-15-22(17-10-12-26-11-4-5-19(26)13-17)21-14-18(8-9-23(21)27)24(28)16-29-20-6-2-1-3-7-20/h1-3,6-10,14-15,19H,4-5,11-13,16,25H2. The first kappa shape index (κ1) is 18.0. The lowest BCUT2D eigenvalue weighted by Gasteiger charge is -2.29. The molecule has 1 aromatic heterocycles. The number of carbonyl (C=O) groups is 1. The molecular formula is C24H25N3O2. The first-order valence-corrected chi connectivity index (χ1v) is 10.2. The number of benzene rings is 2. The van der Waals surface area contributed by atoms with E-state index in [9.17, 15) is 4.79 Å². The highest BCUT2D eigenvalue weighted by Crippen LogP contribution is 2.36. The Labute approximate surface area is 170 Å². The van der Waals surface area contributed by atoms with Gasteiger partial charge in [-0.2, -0.15) is 0 Å². The molecule has 1 atom stereocenters. The molecule has 0 amide bonds. The van der Waals surface area contributed by atoms with Crippen LogP contribution in [0.15, 0.2) is 60.8 Å². The summed E-state index contributed by atoms with van der Waals surface area (Å²) in [6.07, 6.45) is 7.91. The number of rotatable bonds is 5. The van der Waals surface area contributed by atoms with Gasteiger partial charge in [0, 0.05) is 35.3 Å². The first-order chi connectivity index (χ1) is 14.2. The van der Waals surface area contributed by atoms with Crippen LogP contribution in [0.4, 0.5) is 0 Å². The number of fused-ring (bicyclic) bond motifs is 2. The van der Waals surface area contributed by atoms with Crippen molar-refractivity contribution >= 4 is 22.3 Å². The quantitative estimate of drug-likeness (QED) is 0.533. The lowest BCUT2D eigenvalue weighted by molar-refractivity contribution is 0.0921. The number of ether oxygens (including phenoxy) is 1. The Kier molecular flexibility index (Phi) is 4.60. The van der Waals surface area contributed by atoms with Crippen molar-refractivity contribution < 1.29 is 9.53 Å². The van der Waals surface area contributed by atoms with E-state index >= 15 is 0 Å². The minimum atomic E-state index is -0.0360. The average molecular weight is 387 g/mol. The van der Waals surface area contributed by atoms with E-state index in [1.54, 1.807) is 4.68 Å². The summed E-state index contributed by atoms with van der Waals surface area (Å²) in [5.41, 5.74) is 4.08. The Hall–Kier alpha value is -3.05. The highest BCUT2D eigenvalue weighted by Gasteiger charge is 2.29. The number of hydrogen-bond acceptors (Lipinski definition) is 4. The highest BCUT2D eigenvalue weighted by molar-refractivity contribution is 6.03. The highest BCUT2D eigenvalue weighted by atomic mass is 16.5. The van der Waals surface area contributed by atoms with E-state index in [1.165, 1.54) is 25.0 Å². The molecule has 0 bridgehead atoms. The second-order valence-corrected chi connectivity index (χ2v) is 7.93. The molecule has 5 heteroatoms. The van der Waals surface area contributed by atoms with Crippen molar-refractivity contribution in [3.63, 3.8) is 0 Å². The molecule has 3 aromatic rings. The molecule has 0 aliphatic carbocycles. The van der Waals surface area contributed by atoms with Gasteiger partial charge in [-0.05, 0) is 61.7 Å². The second kappa shape index (κ2) is 7.41. The van der Waals surface area contributed by atoms with Crippen molar-refractivity contribution in [3.8, 4) is 5.75 Å². The van der Waals surface area contributed by atoms with Crippen LogP contribution in [-0.4, -0.2) is 41.1 Å². The van der Waals surface area contributed by atoms with Gasteiger partial charge in [-0.3, -0.25) is 14.4 Å². The average Bonchev–Trinajstić information content (AvgIpc) is 3.36. The van der Waals surface area contributed by atoms with Crippen LogP contribution in [0.5, 0.6) is 5.75 Å². The summed E-state index contributed by atoms with van der Waals surface area (Å²) in [4.78, 5) is 15.3. The molecule has 1 saturated heterocycles. The van der Waals surface area contributed by atoms with Crippen molar-refractivity contribution in [1.29, 1.82) is 0 Å². The molecule has 29 heavy (non-hydrogen) atoms. The molecule has 0 spiro atoms. The summed E-state index contributed by atoms with van der Waals surface area (Å²) >= 11 is 0.